The molecule has 0 atom stereocenters. The van der Waals surface area contributed by atoms with Gasteiger partial charge in [-0.25, -0.2) is 4.79 Å². The fraction of sp³-hybridized carbons (Fsp3) is 0.400. The number of nitrogens with one attached hydrogen (secondary N) is 1. The lowest BCUT2D eigenvalue weighted by molar-refractivity contribution is -0.116. The first-order chi connectivity index (χ1) is 12.6. The van der Waals surface area contributed by atoms with Gasteiger partial charge >= 0.3 is 5.97 Å². The van der Waals surface area contributed by atoms with Gasteiger partial charge in [-0.05, 0) is 60.7 Å². The van der Waals surface area contributed by atoms with Gasteiger partial charge < -0.3 is 14.8 Å². The van der Waals surface area contributed by atoms with E-state index in [1.54, 1.807) is 14.0 Å². The molecule has 138 valence electrons. The van der Waals surface area contributed by atoms with Gasteiger partial charge in [-0.15, -0.1) is 11.3 Å². The van der Waals surface area contributed by atoms with Crippen molar-refractivity contribution in [2.24, 2.45) is 0 Å². The molecule has 5 nitrogen and oxygen atoms in total. The van der Waals surface area contributed by atoms with Crippen molar-refractivity contribution in [3.63, 3.8) is 0 Å². The summed E-state index contributed by atoms with van der Waals surface area (Å²) in [6, 6.07) is 7.67. The summed E-state index contributed by atoms with van der Waals surface area (Å²) in [4.78, 5) is 24.7. The molecular formula is C20H23NO4S. The Morgan fingerprint density at radius 3 is 2.58 bits per heavy atom. The summed E-state index contributed by atoms with van der Waals surface area (Å²) in [5.74, 6) is 0.774. The number of rotatable bonds is 8. The topological polar surface area (TPSA) is 64.6 Å². The first-order valence-corrected chi connectivity index (χ1v) is 9.71. The Bertz CT molecular complexity index is 778. The molecule has 1 saturated carbocycles. The van der Waals surface area contributed by atoms with Crippen molar-refractivity contribution in [3.05, 3.63) is 46.3 Å². The summed E-state index contributed by atoms with van der Waals surface area (Å²) in [5.41, 5.74) is 2.62. The summed E-state index contributed by atoms with van der Waals surface area (Å²) in [7, 11) is 1.63. The normalized spacial score (nSPS) is 13.3. The van der Waals surface area contributed by atoms with E-state index in [-0.39, 0.29) is 11.9 Å². The zero-order chi connectivity index (χ0) is 18.5. The number of ether oxygens (including phenoxy) is 2. The molecule has 1 aromatic carbocycles. The minimum atomic E-state index is -0.346. The lowest BCUT2D eigenvalue weighted by Gasteiger charge is -2.08. The number of hydrogen-bond acceptors (Lipinski definition) is 5. The van der Waals surface area contributed by atoms with Crippen LogP contribution in [-0.4, -0.2) is 25.6 Å². The summed E-state index contributed by atoms with van der Waals surface area (Å²) in [6.07, 6.45) is 3.17. The molecule has 2 aromatic rings. The Labute approximate surface area is 157 Å². The molecule has 1 aromatic heterocycles. The number of amides is 1. The molecule has 0 unspecified atom stereocenters. The van der Waals surface area contributed by atoms with Gasteiger partial charge in [-0.3, -0.25) is 4.79 Å². The van der Waals surface area contributed by atoms with Gasteiger partial charge in [0.25, 0.3) is 0 Å². The van der Waals surface area contributed by atoms with Gasteiger partial charge in [0.05, 0.1) is 19.3 Å². The second-order valence-corrected chi connectivity index (χ2v) is 7.17. The fourth-order valence-electron chi connectivity index (χ4n) is 2.81. The number of carbonyl (C=O) groups excluding carboxylic acids is 2. The minimum absolute atomic E-state index is 0.101. The molecule has 26 heavy (non-hydrogen) atoms. The standard InChI is InChI=1S/C20H23NO4S/c1-3-25-20(23)18-16(14-7-8-14)12-26-19(18)21-17(22)11-6-13-4-9-15(24-2)10-5-13/h4-5,9-10,12,14H,3,6-8,11H2,1-2H3,(H,21,22). The lowest BCUT2D eigenvalue weighted by Crippen LogP contribution is -2.15. The van der Waals surface area contributed by atoms with Crippen molar-refractivity contribution in [1.29, 1.82) is 0 Å². The maximum absolute atomic E-state index is 12.4. The Balaban J connectivity index is 1.64. The van der Waals surface area contributed by atoms with Crippen LogP contribution in [0.1, 0.15) is 53.6 Å². The monoisotopic (exact) mass is 373 g/mol. The molecule has 1 aliphatic carbocycles. The zero-order valence-corrected chi connectivity index (χ0v) is 15.9. The third kappa shape index (κ3) is 4.43. The number of hydrogen-bond donors (Lipinski definition) is 1. The molecule has 0 aliphatic heterocycles. The predicted octanol–water partition coefficient (Wildman–Crippen LogP) is 4.38. The van der Waals surface area contributed by atoms with Crippen LogP contribution < -0.4 is 10.1 Å². The summed E-state index contributed by atoms with van der Waals surface area (Å²) in [5, 5.41) is 5.48. The number of esters is 1. The van der Waals surface area contributed by atoms with Gasteiger partial charge in [0, 0.05) is 6.42 Å². The molecule has 3 rings (SSSR count). The number of carbonyl (C=O) groups is 2. The van der Waals surface area contributed by atoms with E-state index in [0.29, 0.717) is 35.9 Å². The fourth-order valence-corrected chi connectivity index (χ4v) is 3.86. The van der Waals surface area contributed by atoms with Gasteiger partial charge in [-0.2, -0.15) is 0 Å². The number of benzene rings is 1. The molecule has 0 radical (unpaired) electrons. The van der Waals surface area contributed by atoms with Crippen LogP contribution in [0.3, 0.4) is 0 Å². The molecule has 1 heterocycles. The number of anilines is 1. The van der Waals surface area contributed by atoms with Crippen molar-refractivity contribution in [2.75, 3.05) is 19.0 Å². The molecule has 1 aliphatic rings. The SMILES string of the molecule is CCOC(=O)c1c(C2CC2)csc1NC(=O)CCc1ccc(OC)cc1. The first-order valence-electron chi connectivity index (χ1n) is 8.83. The molecule has 0 bridgehead atoms. The quantitative estimate of drug-likeness (QED) is 0.697. The number of thiophene rings is 1. The maximum atomic E-state index is 12.4. The molecule has 0 spiro atoms. The van der Waals surface area contributed by atoms with Crippen molar-refractivity contribution >= 4 is 28.2 Å². The summed E-state index contributed by atoms with van der Waals surface area (Å²) in [6.45, 7) is 2.11. The lowest BCUT2D eigenvalue weighted by atomic mass is 10.1. The average molecular weight is 373 g/mol. The molecular weight excluding hydrogens is 350 g/mol. The molecule has 1 amide bonds. The Morgan fingerprint density at radius 1 is 1.23 bits per heavy atom. The third-order valence-corrected chi connectivity index (χ3v) is 5.28. The van der Waals surface area contributed by atoms with Gasteiger partial charge in [0.15, 0.2) is 0 Å². The van der Waals surface area contributed by atoms with Crippen LogP contribution in [-0.2, 0) is 16.0 Å². The average Bonchev–Trinajstić information content (AvgIpc) is 3.41. The number of methoxy groups -OCH3 is 1. The van der Waals surface area contributed by atoms with Crippen LogP contribution in [0.25, 0.3) is 0 Å². The van der Waals surface area contributed by atoms with Crippen molar-refractivity contribution < 1.29 is 19.1 Å². The van der Waals surface area contributed by atoms with Crippen LogP contribution in [0.15, 0.2) is 29.6 Å². The van der Waals surface area contributed by atoms with Crippen molar-refractivity contribution in [2.45, 2.75) is 38.5 Å². The van der Waals surface area contributed by atoms with Crippen LogP contribution in [0, 0.1) is 0 Å². The van der Waals surface area contributed by atoms with E-state index >= 15 is 0 Å². The van der Waals surface area contributed by atoms with E-state index in [4.69, 9.17) is 9.47 Å². The van der Waals surface area contributed by atoms with Crippen LogP contribution in [0.4, 0.5) is 5.00 Å². The Kier molecular flexibility index (Phi) is 5.93. The summed E-state index contributed by atoms with van der Waals surface area (Å²) < 4.78 is 10.3. The highest BCUT2D eigenvalue weighted by Crippen LogP contribution is 2.46. The second kappa shape index (κ2) is 8.36. The number of aryl methyl sites for hydroxylation is 1. The highest BCUT2D eigenvalue weighted by Gasteiger charge is 2.32. The van der Waals surface area contributed by atoms with Gasteiger partial charge in [0.1, 0.15) is 10.8 Å². The molecule has 6 heteroatoms. The van der Waals surface area contributed by atoms with Crippen LogP contribution >= 0.6 is 11.3 Å². The smallest absolute Gasteiger partial charge is 0.341 e. The van der Waals surface area contributed by atoms with E-state index in [1.165, 1.54) is 11.3 Å². The van der Waals surface area contributed by atoms with Crippen molar-refractivity contribution in [3.8, 4) is 5.75 Å². The Morgan fingerprint density at radius 2 is 1.96 bits per heavy atom. The highest BCUT2D eigenvalue weighted by molar-refractivity contribution is 7.15. The van der Waals surface area contributed by atoms with E-state index < -0.39 is 0 Å². The van der Waals surface area contributed by atoms with Crippen molar-refractivity contribution in [1.82, 2.24) is 0 Å². The van der Waals surface area contributed by atoms with E-state index in [9.17, 15) is 9.59 Å². The van der Waals surface area contributed by atoms with Crippen LogP contribution in [0.2, 0.25) is 0 Å². The maximum Gasteiger partial charge on any atom is 0.341 e. The van der Waals surface area contributed by atoms with Gasteiger partial charge in [0.2, 0.25) is 5.91 Å². The zero-order valence-electron chi connectivity index (χ0n) is 15.0. The van der Waals surface area contributed by atoms with E-state index in [2.05, 4.69) is 5.32 Å². The second-order valence-electron chi connectivity index (χ2n) is 6.29. The molecule has 1 fully saturated rings. The largest absolute Gasteiger partial charge is 0.497 e. The third-order valence-electron chi connectivity index (χ3n) is 4.37. The molecule has 0 saturated heterocycles. The first kappa shape index (κ1) is 18.5. The Hall–Kier alpha value is -2.34. The predicted molar refractivity (Wildman–Crippen MR) is 102 cm³/mol. The van der Waals surface area contributed by atoms with Crippen LogP contribution in [0.5, 0.6) is 5.75 Å². The minimum Gasteiger partial charge on any atom is -0.497 e. The van der Waals surface area contributed by atoms with E-state index in [0.717, 1.165) is 29.7 Å². The molecule has 1 N–H and O–H groups in total. The summed E-state index contributed by atoms with van der Waals surface area (Å²) >= 11 is 1.40. The highest BCUT2D eigenvalue weighted by atomic mass is 32.1. The van der Waals surface area contributed by atoms with E-state index in [1.807, 2.05) is 29.6 Å². The van der Waals surface area contributed by atoms with Gasteiger partial charge in [-0.1, -0.05) is 12.1 Å².